The molecule has 1 atom stereocenters. The Morgan fingerprint density at radius 1 is 1.21 bits per heavy atom. The molecule has 150 valence electrons. The molecule has 1 aromatic heterocycles. The SMILES string of the molecule is CO[C@@H](C(=O)NCc1cc(Cl)cc2cc(C(=O)O)c(=O)[nH]c12)c1ccccc1Cl. The summed E-state index contributed by atoms with van der Waals surface area (Å²) in [5, 5.41) is 13.0. The minimum absolute atomic E-state index is 0.0303. The number of H-pyrrole nitrogens is 1. The van der Waals surface area contributed by atoms with E-state index in [4.69, 9.17) is 33.0 Å². The van der Waals surface area contributed by atoms with Gasteiger partial charge in [-0.15, -0.1) is 0 Å². The number of benzene rings is 2. The van der Waals surface area contributed by atoms with Gasteiger partial charge in [-0.05, 0) is 29.8 Å². The van der Waals surface area contributed by atoms with Gasteiger partial charge in [0, 0.05) is 34.6 Å². The van der Waals surface area contributed by atoms with Crippen LogP contribution >= 0.6 is 23.2 Å². The maximum atomic E-state index is 12.7. The molecule has 0 aliphatic carbocycles. The molecule has 3 N–H and O–H groups in total. The van der Waals surface area contributed by atoms with Crippen molar-refractivity contribution in [1.82, 2.24) is 10.3 Å². The molecule has 0 saturated carbocycles. The first-order chi connectivity index (χ1) is 13.8. The molecule has 0 unspecified atom stereocenters. The van der Waals surface area contributed by atoms with Gasteiger partial charge in [0.15, 0.2) is 6.10 Å². The van der Waals surface area contributed by atoms with E-state index in [0.29, 0.717) is 32.1 Å². The number of ether oxygens (including phenoxy) is 1. The van der Waals surface area contributed by atoms with Crippen LogP contribution in [-0.4, -0.2) is 29.1 Å². The number of carbonyl (C=O) groups excluding carboxylic acids is 1. The van der Waals surface area contributed by atoms with Crippen molar-refractivity contribution in [3.05, 3.63) is 79.6 Å². The van der Waals surface area contributed by atoms with Gasteiger partial charge in [-0.2, -0.15) is 0 Å². The number of hydrogen-bond acceptors (Lipinski definition) is 4. The van der Waals surface area contributed by atoms with Gasteiger partial charge in [0.05, 0.1) is 5.52 Å². The van der Waals surface area contributed by atoms with E-state index in [1.165, 1.54) is 19.2 Å². The van der Waals surface area contributed by atoms with Crippen LogP contribution in [-0.2, 0) is 16.1 Å². The third kappa shape index (κ3) is 4.42. The van der Waals surface area contributed by atoms with Crippen LogP contribution in [0.5, 0.6) is 0 Å². The van der Waals surface area contributed by atoms with Gasteiger partial charge < -0.3 is 20.1 Å². The van der Waals surface area contributed by atoms with Crippen molar-refractivity contribution in [1.29, 1.82) is 0 Å². The van der Waals surface area contributed by atoms with Crippen LogP contribution in [0.3, 0.4) is 0 Å². The standard InChI is InChI=1S/C20H16Cl2N2O5/c1-29-17(13-4-2-3-5-15(13)22)19(26)23-9-11-7-12(21)6-10-8-14(20(27)28)18(25)24-16(10)11/h2-8,17H,9H2,1H3,(H,23,26)(H,24,25)(H,27,28)/t17-/m1/s1. The Hall–Kier alpha value is -2.87. The number of aromatic carboxylic acids is 1. The Balaban J connectivity index is 1.91. The number of aromatic amines is 1. The number of rotatable bonds is 6. The minimum Gasteiger partial charge on any atom is -0.477 e. The second-order valence-electron chi connectivity index (χ2n) is 6.20. The van der Waals surface area contributed by atoms with E-state index in [9.17, 15) is 14.4 Å². The van der Waals surface area contributed by atoms with E-state index in [2.05, 4.69) is 10.3 Å². The summed E-state index contributed by atoms with van der Waals surface area (Å²) in [6.07, 6.45) is -0.924. The van der Waals surface area contributed by atoms with Gasteiger partial charge in [-0.3, -0.25) is 9.59 Å². The van der Waals surface area contributed by atoms with Gasteiger partial charge in [0.25, 0.3) is 11.5 Å². The zero-order valence-corrected chi connectivity index (χ0v) is 16.7. The molecule has 0 bridgehead atoms. The van der Waals surface area contributed by atoms with Crippen LogP contribution in [0.4, 0.5) is 0 Å². The predicted octanol–water partition coefficient (Wildman–Crippen LogP) is 3.54. The van der Waals surface area contributed by atoms with Crippen molar-refractivity contribution in [2.75, 3.05) is 7.11 Å². The summed E-state index contributed by atoms with van der Waals surface area (Å²) < 4.78 is 5.29. The van der Waals surface area contributed by atoms with Crippen LogP contribution in [0.15, 0.2) is 47.3 Å². The van der Waals surface area contributed by atoms with Crippen LogP contribution in [0.1, 0.15) is 27.6 Å². The fourth-order valence-electron chi connectivity index (χ4n) is 2.99. The van der Waals surface area contributed by atoms with Crippen LogP contribution in [0.25, 0.3) is 10.9 Å². The maximum absolute atomic E-state index is 12.7. The lowest BCUT2D eigenvalue weighted by Gasteiger charge is -2.17. The van der Waals surface area contributed by atoms with Crippen LogP contribution < -0.4 is 10.9 Å². The fraction of sp³-hybridized carbons (Fsp3) is 0.150. The summed E-state index contributed by atoms with van der Waals surface area (Å²) in [5.74, 6) is -1.77. The highest BCUT2D eigenvalue weighted by Crippen LogP contribution is 2.26. The van der Waals surface area contributed by atoms with Crippen molar-refractivity contribution >= 4 is 46.0 Å². The summed E-state index contributed by atoms with van der Waals surface area (Å²) in [7, 11) is 1.40. The van der Waals surface area contributed by atoms with Gasteiger partial charge in [0.1, 0.15) is 5.56 Å². The molecule has 7 nitrogen and oxygen atoms in total. The molecule has 0 radical (unpaired) electrons. The number of halogens is 2. The number of fused-ring (bicyclic) bond motifs is 1. The molecule has 0 aliphatic heterocycles. The maximum Gasteiger partial charge on any atom is 0.341 e. The highest BCUT2D eigenvalue weighted by Gasteiger charge is 2.22. The molecule has 0 saturated heterocycles. The number of aromatic nitrogens is 1. The molecule has 1 heterocycles. The molecule has 2 aromatic carbocycles. The molecule has 3 aromatic rings. The third-order valence-corrected chi connectivity index (χ3v) is 4.91. The molecule has 0 aliphatic rings. The summed E-state index contributed by atoms with van der Waals surface area (Å²) >= 11 is 12.3. The lowest BCUT2D eigenvalue weighted by atomic mass is 10.1. The van der Waals surface area contributed by atoms with Crippen LogP contribution in [0.2, 0.25) is 10.0 Å². The second-order valence-corrected chi connectivity index (χ2v) is 7.05. The topological polar surface area (TPSA) is 108 Å². The summed E-state index contributed by atoms with van der Waals surface area (Å²) in [6, 6.07) is 11.2. The van der Waals surface area contributed by atoms with Gasteiger partial charge >= 0.3 is 5.97 Å². The average molecular weight is 435 g/mol. The van der Waals surface area contributed by atoms with Gasteiger partial charge in [0.2, 0.25) is 0 Å². The van der Waals surface area contributed by atoms with E-state index in [0.717, 1.165) is 0 Å². The molecular weight excluding hydrogens is 419 g/mol. The molecule has 3 rings (SSSR count). The first-order valence-electron chi connectivity index (χ1n) is 8.45. The average Bonchev–Trinajstić information content (AvgIpc) is 2.68. The number of carboxylic acid groups (broad SMARTS) is 1. The second kappa shape index (κ2) is 8.65. The molecule has 9 heteroatoms. The Morgan fingerprint density at radius 2 is 1.93 bits per heavy atom. The number of amides is 1. The summed E-state index contributed by atoms with van der Waals surface area (Å²) in [6.45, 7) is 0.0303. The summed E-state index contributed by atoms with van der Waals surface area (Å²) in [5.41, 5.74) is 0.281. The van der Waals surface area contributed by atoms with Crippen molar-refractivity contribution in [2.24, 2.45) is 0 Å². The van der Waals surface area contributed by atoms with E-state index in [-0.39, 0.29) is 6.54 Å². The quantitative estimate of drug-likeness (QED) is 0.549. The van der Waals surface area contributed by atoms with E-state index in [1.807, 2.05) is 0 Å². The number of methoxy groups -OCH3 is 1. The first kappa shape index (κ1) is 20.9. The highest BCUT2D eigenvalue weighted by atomic mass is 35.5. The van der Waals surface area contributed by atoms with Gasteiger partial charge in [-0.25, -0.2) is 4.79 Å². The molecule has 29 heavy (non-hydrogen) atoms. The molecule has 0 fully saturated rings. The largest absolute Gasteiger partial charge is 0.477 e. The van der Waals surface area contributed by atoms with Crippen molar-refractivity contribution < 1.29 is 19.4 Å². The lowest BCUT2D eigenvalue weighted by Crippen LogP contribution is -2.30. The van der Waals surface area contributed by atoms with Gasteiger partial charge in [-0.1, -0.05) is 41.4 Å². The normalized spacial score (nSPS) is 12.0. The number of pyridine rings is 1. The zero-order valence-electron chi connectivity index (χ0n) is 15.2. The Morgan fingerprint density at radius 3 is 2.59 bits per heavy atom. The molecular formula is C20H16Cl2N2O5. The van der Waals surface area contributed by atoms with Crippen LogP contribution in [0, 0.1) is 0 Å². The molecule has 1 amide bonds. The fourth-order valence-corrected chi connectivity index (χ4v) is 3.47. The molecule has 0 spiro atoms. The number of nitrogens with one attached hydrogen (secondary N) is 2. The summed E-state index contributed by atoms with van der Waals surface area (Å²) in [4.78, 5) is 38.4. The first-order valence-corrected chi connectivity index (χ1v) is 9.21. The van der Waals surface area contributed by atoms with E-state index >= 15 is 0 Å². The van der Waals surface area contributed by atoms with E-state index in [1.54, 1.807) is 30.3 Å². The predicted molar refractivity (Wildman–Crippen MR) is 110 cm³/mol. The Kier molecular flexibility index (Phi) is 6.22. The number of carbonyl (C=O) groups is 2. The van der Waals surface area contributed by atoms with Crippen molar-refractivity contribution in [2.45, 2.75) is 12.6 Å². The Bertz CT molecular complexity index is 1160. The lowest BCUT2D eigenvalue weighted by molar-refractivity contribution is -0.131. The number of hydrogen-bond donors (Lipinski definition) is 3. The Labute approximate surface area is 175 Å². The smallest absolute Gasteiger partial charge is 0.341 e. The zero-order chi connectivity index (χ0) is 21.1. The van der Waals surface area contributed by atoms with Crippen molar-refractivity contribution in [3.8, 4) is 0 Å². The monoisotopic (exact) mass is 434 g/mol. The minimum atomic E-state index is -1.34. The highest BCUT2D eigenvalue weighted by molar-refractivity contribution is 6.32. The van der Waals surface area contributed by atoms with E-state index < -0.39 is 29.1 Å². The third-order valence-electron chi connectivity index (χ3n) is 4.34. The number of carboxylic acids is 1. The van der Waals surface area contributed by atoms with Crippen molar-refractivity contribution in [3.63, 3.8) is 0 Å².